The largest absolute Gasteiger partial charge is 0.492 e. The highest BCUT2D eigenvalue weighted by Gasteiger charge is 2.32. The number of hydrogen-bond donors (Lipinski definition) is 1. The van der Waals surface area contributed by atoms with E-state index in [1.165, 1.54) is 6.07 Å². The number of carboxylic acid groups (broad SMARTS) is 1. The van der Waals surface area contributed by atoms with E-state index in [0.717, 1.165) is 17.5 Å². The molecule has 192 valence electrons. The van der Waals surface area contributed by atoms with Gasteiger partial charge in [0, 0.05) is 47.4 Å². The van der Waals surface area contributed by atoms with Crippen LogP contribution in [0, 0.1) is 5.82 Å². The SMILES string of the molecule is O=C(O)C[C@@H]1COc2cc(O[C@@H]3CCc4c(Oc5ccnc(O[C@H]6CCOC6)c5)ccc(F)c43)ccc21. The van der Waals surface area contributed by atoms with Gasteiger partial charge in [0.25, 0.3) is 0 Å². The zero-order valence-electron chi connectivity index (χ0n) is 20.0. The summed E-state index contributed by atoms with van der Waals surface area (Å²) in [4.78, 5) is 15.4. The second-order valence-corrected chi connectivity index (χ2v) is 9.42. The van der Waals surface area contributed by atoms with Crippen molar-refractivity contribution < 1.29 is 38.0 Å². The first-order valence-corrected chi connectivity index (χ1v) is 12.4. The summed E-state index contributed by atoms with van der Waals surface area (Å²) in [6.45, 7) is 1.54. The Hall–Kier alpha value is -3.85. The van der Waals surface area contributed by atoms with Crippen molar-refractivity contribution in [1.82, 2.24) is 4.98 Å². The lowest BCUT2D eigenvalue weighted by Crippen LogP contribution is -2.16. The summed E-state index contributed by atoms with van der Waals surface area (Å²) >= 11 is 0. The Balaban J connectivity index is 1.19. The summed E-state index contributed by atoms with van der Waals surface area (Å²) in [5, 5.41) is 9.11. The first-order chi connectivity index (χ1) is 18.0. The molecule has 2 aliphatic heterocycles. The second kappa shape index (κ2) is 9.89. The van der Waals surface area contributed by atoms with Crippen LogP contribution in [-0.2, 0) is 16.0 Å². The topological polar surface area (TPSA) is 96.3 Å². The summed E-state index contributed by atoms with van der Waals surface area (Å²) in [5.74, 6) is 1.34. The Morgan fingerprint density at radius 1 is 1.08 bits per heavy atom. The minimum atomic E-state index is -0.864. The lowest BCUT2D eigenvalue weighted by atomic mass is 9.98. The fourth-order valence-electron chi connectivity index (χ4n) is 5.15. The Bertz CT molecular complexity index is 1320. The predicted molar refractivity (Wildman–Crippen MR) is 129 cm³/mol. The normalized spacial score (nSPS) is 21.7. The Morgan fingerprint density at radius 3 is 2.84 bits per heavy atom. The number of fused-ring (bicyclic) bond motifs is 2. The van der Waals surface area contributed by atoms with Gasteiger partial charge in [-0.25, -0.2) is 9.37 Å². The number of rotatable bonds is 8. The number of pyridine rings is 1. The van der Waals surface area contributed by atoms with Gasteiger partial charge in [0.15, 0.2) is 0 Å². The van der Waals surface area contributed by atoms with Gasteiger partial charge in [-0.15, -0.1) is 0 Å². The fourth-order valence-corrected chi connectivity index (χ4v) is 5.15. The Kier molecular flexibility index (Phi) is 6.30. The molecule has 1 aliphatic carbocycles. The summed E-state index contributed by atoms with van der Waals surface area (Å²) < 4.78 is 44.2. The molecule has 0 amide bonds. The lowest BCUT2D eigenvalue weighted by Gasteiger charge is -2.17. The van der Waals surface area contributed by atoms with Crippen LogP contribution in [0.1, 0.15) is 48.0 Å². The maximum absolute atomic E-state index is 15.0. The maximum atomic E-state index is 15.0. The van der Waals surface area contributed by atoms with Crippen LogP contribution in [0.3, 0.4) is 0 Å². The molecule has 1 saturated heterocycles. The number of halogens is 1. The summed E-state index contributed by atoms with van der Waals surface area (Å²) in [5.41, 5.74) is 2.10. The molecular formula is C28H26FNO7. The van der Waals surface area contributed by atoms with E-state index in [1.54, 1.807) is 36.5 Å². The molecular weight excluding hydrogens is 481 g/mol. The molecule has 3 heterocycles. The average molecular weight is 508 g/mol. The third-order valence-corrected chi connectivity index (χ3v) is 6.91. The average Bonchev–Trinajstić information content (AvgIpc) is 3.63. The van der Waals surface area contributed by atoms with E-state index in [1.807, 2.05) is 6.07 Å². The van der Waals surface area contributed by atoms with Crippen LogP contribution in [0.25, 0.3) is 0 Å². The van der Waals surface area contributed by atoms with Crippen molar-refractivity contribution in [3.63, 3.8) is 0 Å². The van der Waals surface area contributed by atoms with Crippen LogP contribution in [0.5, 0.6) is 28.9 Å². The van der Waals surface area contributed by atoms with Crippen molar-refractivity contribution in [3.8, 4) is 28.9 Å². The van der Waals surface area contributed by atoms with Gasteiger partial charge in [-0.3, -0.25) is 4.79 Å². The van der Waals surface area contributed by atoms with Crippen LogP contribution in [0.15, 0.2) is 48.7 Å². The van der Waals surface area contributed by atoms with Crippen LogP contribution in [0.2, 0.25) is 0 Å². The van der Waals surface area contributed by atoms with E-state index < -0.39 is 12.1 Å². The number of carbonyl (C=O) groups is 1. The molecule has 3 atom stereocenters. The van der Waals surface area contributed by atoms with Crippen LogP contribution in [0.4, 0.5) is 4.39 Å². The van der Waals surface area contributed by atoms with E-state index in [0.29, 0.717) is 67.1 Å². The van der Waals surface area contributed by atoms with Gasteiger partial charge in [0.05, 0.1) is 26.2 Å². The van der Waals surface area contributed by atoms with Crippen LogP contribution in [-0.4, -0.2) is 42.0 Å². The van der Waals surface area contributed by atoms with Crippen molar-refractivity contribution in [2.75, 3.05) is 19.8 Å². The molecule has 0 unspecified atom stereocenters. The van der Waals surface area contributed by atoms with Gasteiger partial charge in [0.2, 0.25) is 5.88 Å². The molecule has 6 rings (SSSR count). The number of ether oxygens (including phenoxy) is 5. The van der Waals surface area contributed by atoms with Gasteiger partial charge in [-0.05, 0) is 37.1 Å². The number of hydrogen-bond acceptors (Lipinski definition) is 7. The molecule has 9 heteroatoms. The molecule has 37 heavy (non-hydrogen) atoms. The van der Waals surface area contributed by atoms with Gasteiger partial charge < -0.3 is 28.8 Å². The standard InChI is InChI=1S/C28H26FNO7/c29-22-4-6-23(35-18-7-9-30-26(13-18)37-19-8-10-33-15-19)21-3-5-24(28(21)22)36-17-1-2-20-16(11-27(31)32)14-34-25(20)12-17/h1-2,4,6-7,9,12-13,16,19,24H,3,5,8,10-11,14-15H2,(H,31,32)/t16-,19+,24-/m1/s1. The molecule has 3 aromatic rings. The summed E-state index contributed by atoms with van der Waals surface area (Å²) in [6.07, 6.45) is 3.14. The van der Waals surface area contributed by atoms with Gasteiger partial charge >= 0.3 is 5.97 Å². The highest BCUT2D eigenvalue weighted by atomic mass is 19.1. The van der Waals surface area contributed by atoms with E-state index in [4.69, 9.17) is 28.8 Å². The summed E-state index contributed by atoms with van der Waals surface area (Å²) in [6, 6.07) is 11.9. The Morgan fingerprint density at radius 2 is 2.00 bits per heavy atom. The molecule has 3 aliphatic rings. The Labute approximate surface area is 212 Å². The van der Waals surface area contributed by atoms with E-state index in [-0.39, 0.29) is 24.3 Å². The molecule has 0 radical (unpaired) electrons. The van der Waals surface area contributed by atoms with Crippen molar-refractivity contribution >= 4 is 5.97 Å². The molecule has 1 N–H and O–H groups in total. The van der Waals surface area contributed by atoms with Crippen molar-refractivity contribution in [2.45, 2.75) is 43.8 Å². The van der Waals surface area contributed by atoms with Crippen molar-refractivity contribution in [3.05, 3.63) is 71.2 Å². The highest BCUT2D eigenvalue weighted by Crippen LogP contribution is 2.44. The molecule has 0 spiro atoms. The van der Waals surface area contributed by atoms with Crippen molar-refractivity contribution in [2.24, 2.45) is 0 Å². The third kappa shape index (κ3) is 4.91. The van der Waals surface area contributed by atoms with E-state index in [2.05, 4.69) is 4.98 Å². The third-order valence-electron chi connectivity index (χ3n) is 6.91. The molecule has 0 saturated carbocycles. The zero-order valence-corrected chi connectivity index (χ0v) is 20.0. The monoisotopic (exact) mass is 507 g/mol. The second-order valence-electron chi connectivity index (χ2n) is 9.42. The van der Waals surface area contributed by atoms with Crippen molar-refractivity contribution in [1.29, 1.82) is 0 Å². The predicted octanol–water partition coefficient (Wildman–Crippen LogP) is 5.20. The van der Waals surface area contributed by atoms with Crippen LogP contribution >= 0.6 is 0 Å². The quantitative estimate of drug-likeness (QED) is 0.445. The van der Waals surface area contributed by atoms with Gasteiger partial charge in [-0.2, -0.15) is 0 Å². The number of benzene rings is 2. The smallest absolute Gasteiger partial charge is 0.304 e. The number of aliphatic carboxylic acids is 1. The molecule has 0 bridgehead atoms. The molecule has 8 nitrogen and oxygen atoms in total. The maximum Gasteiger partial charge on any atom is 0.304 e. The summed E-state index contributed by atoms with van der Waals surface area (Å²) in [7, 11) is 0. The van der Waals surface area contributed by atoms with E-state index >= 15 is 0 Å². The number of carboxylic acids is 1. The first-order valence-electron chi connectivity index (χ1n) is 12.4. The first kappa shape index (κ1) is 23.5. The molecule has 1 aromatic heterocycles. The van der Waals surface area contributed by atoms with Crippen LogP contribution < -0.4 is 18.9 Å². The minimum absolute atomic E-state index is 0.0112. The zero-order chi connectivity index (χ0) is 25.4. The molecule has 1 fully saturated rings. The van der Waals surface area contributed by atoms with Gasteiger partial charge in [0.1, 0.15) is 41.0 Å². The van der Waals surface area contributed by atoms with Gasteiger partial charge in [-0.1, -0.05) is 6.07 Å². The number of aromatic nitrogens is 1. The minimum Gasteiger partial charge on any atom is -0.492 e. The number of nitrogens with zero attached hydrogens (tertiary/aromatic N) is 1. The van der Waals surface area contributed by atoms with E-state index in [9.17, 15) is 9.18 Å². The lowest BCUT2D eigenvalue weighted by molar-refractivity contribution is -0.137. The fraction of sp³-hybridized carbons (Fsp3) is 0.357. The highest BCUT2D eigenvalue weighted by molar-refractivity contribution is 5.68. The molecule has 2 aromatic carbocycles.